The highest BCUT2D eigenvalue weighted by Gasteiger charge is 2.26. The standard InChI is InChI=1S/C22H24FN3O4S/c1-13-9-20(30-4)21(10-14(13)2)31(28,29)26-19(16-5-7-17(23)8-6-16)11-18-12-22(27)25-15(3)24-18/h5-10,12,19,26H,11H2,1-4H3,(H,24,25,27). The number of benzene rings is 2. The van der Waals surface area contributed by atoms with Crippen LogP contribution in [-0.4, -0.2) is 25.5 Å². The van der Waals surface area contributed by atoms with E-state index in [0.29, 0.717) is 17.1 Å². The van der Waals surface area contributed by atoms with Crippen LogP contribution in [0.1, 0.15) is 34.3 Å². The number of halogens is 1. The van der Waals surface area contributed by atoms with Gasteiger partial charge in [0.05, 0.1) is 13.2 Å². The summed E-state index contributed by atoms with van der Waals surface area (Å²) in [6.07, 6.45) is 0.1000. The number of ether oxygens (including phenoxy) is 1. The quantitative estimate of drug-likeness (QED) is 0.582. The molecule has 0 aliphatic heterocycles. The summed E-state index contributed by atoms with van der Waals surface area (Å²) in [5, 5.41) is 0. The lowest BCUT2D eigenvalue weighted by molar-refractivity contribution is 0.401. The Hall–Kier alpha value is -3.04. The van der Waals surface area contributed by atoms with Crippen molar-refractivity contribution in [2.75, 3.05) is 7.11 Å². The van der Waals surface area contributed by atoms with Crippen molar-refractivity contribution in [3.63, 3.8) is 0 Å². The highest BCUT2D eigenvalue weighted by Crippen LogP contribution is 2.29. The van der Waals surface area contributed by atoms with E-state index in [-0.39, 0.29) is 22.6 Å². The van der Waals surface area contributed by atoms with Gasteiger partial charge >= 0.3 is 0 Å². The molecule has 164 valence electrons. The van der Waals surface area contributed by atoms with Crippen LogP contribution in [0, 0.1) is 26.6 Å². The van der Waals surface area contributed by atoms with Crippen molar-refractivity contribution in [3.05, 3.63) is 86.8 Å². The third-order valence-electron chi connectivity index (χ3n) is 4.97. The van der Waals surface area contributed by atoms with Crippen molar-refractivity contribution >= 4 is 10.0 Å². The van der Waals surface area contributed by atoms with Gasteiger partial charge in [-0.15, -0.1) is 0 Å². The minimum Gasteiger partial charge on any atom is -0.495 e. The minimum atomic E-state index is -4.02. The number of methoxy groups -OCH3 is 1. The van der Waals surface area contributed by atoms with E-state index in [1.54, 1.807) is 19.1 Å². The molecule has 0 spiro atoms. The maximum Gasteiger partial charge on any atom is 0.251 e. The lowest BCUT2D eigenvalue weighted by Crippen LogP contribution is -2.31. The number of nitrogens with one attached hydrogen (secondary N) is 2. The number of hydrogen-bond acceptors (Lipinski definition) is 5. The van der Waals surface area contributed by atoms with Crippen LogP contribution in [0.25, 0.3) is 0 Å². The molecule has 1 atom stereocenters. The molecule has 2 N–H and O–H groups in total. The third-order valence-corrected chi connectivity index (χ3v) is 6.46. The molecule has 31 heavy (non-hydrogen) atoms. The fourth-order valence-electron chi connectivity index (χ4n) is 3.26. The maximum absolute atomic E-state index is 13.5. The van der Waals surface area contributed by atoms with E-state index in [2.05, 4.69) is 14.7 Å². The summed E-state index contributed by atoms with van der Waals surface area (Å²) in [5.74, 6) is 0.198. The zero-order chi connectivity index (χ0) is 22.8. The van der Waals surface area contributed by atoms with Gasteiger partial charge in [-0.3, -0.25) is 4.79 Å². The number of aromatic amines is 1. The van der Waals surface area contributed by atoms with E-state index in [4.69, 9.17) is 4.74 Å². The number of hydrogen-bond donors (Lipinski definition) is 2. The van der Waals surface area contributed by atoms with Crippen LogP contribution < -0.4 is 15.0 Å². The van der Waals surface area contributed by atoms with E-state index in [9.17, 15) is 17.6 Å². The Kier molecular flexibility index (Phi) is 6.56. The van der Waals surface area contributed by atoms with Crippen LogP contribution in [-0.2, 0) is 16.4 Å². The Morgan fingerprint density at radius 3 is 2.35 bits per heavy atom. The topological polar surface area (TPSA) is 101 Å². The SMILES string of the molecule is COc1cc(C)c(C)cc1S(=O)(=O)NC(Cc1cc(=O)[nH]c(C)n1)c1ccc(F)cc1. The Bertz CT molecular complexity index is 1250. The van der Waals surface area contributed by atoms with Gasteiger partial charge in [0.25, 0.3) is 5.56 Å². The molecule has 1 heterocycles. The van der Waals surface area contributed by atoms with Gasteiger partial charge in [-0.05, 0) is 61.7 Å². The van der Waals surface area contributed by atoms with E-state index >= 15 is 0 Å². The molecule has 3 aromatic rings. The average molecular weight is 446 g/mol. The second-order valence-electron chi connectivity index (χ2n) is 7.34. The Morgan fingerprint density at radius 2 is 1.74 bits per heavy atom. The molecule has 0 fully saturated rings. The Balaban J connectivity index is 2.04. The largest absolute Gasteiger partial charge is 0.495 e. The summed E-state index contributed by atoms with van der Waals surface area (Å²) in [6.45, 7) is 5.32. The summed E-state index contributed by atoms with van der Waals surface area (Å²) in [5.41, 5.74) is 2.30. The first-order valence-electron chi connectivity index (χ1n) is 9.59. The third kappa shape index (κ3) is 5.36. The second kappa shape index (κ2) is 8.99. The van der Waals surface area contributed by atoms with E-state index in [0.717, 1.165) is 11.1 Å². The van der Waals surface area contributed by atoms with Gasteiger partial charge < -0.3 is 9.72 Å². The molecule has 0 saturated carbocycles. The molecular formula is C22H24FN3O4S. The highest BCUT2D eigenvalue weighted by molar-refractivity contribution is 7.89. The van der Waals surface area contributed by atoms with Gasteiger partial charge in [0.2, 0.25) is 10.0 Å². The van der Waals surface area contributed by atoms with Crippen LogP contribution >= 0.6 is 0 Å². The number of aryl methyl sites for hydroxylation is 3. The van der Waals surface area contributed by atoms with E-state index in [1.807, 2.05) is 13.8 Å². The molecule has 3 rings (SSSR count). The summed E-state index contributed by atoms with van der Waals surface area (Å²) >= 11 is 0. The summed E-state index contributed by atoms with van der Waals surface area (Å²) in [7, 11) is -2.62. The summed E-state index contributed by atoms with van der Waals surface area (Å²) < 4.78 is 48.0. The molecule has 2 aromatic carbocycles. The van der Waals surface area contributed by atoms with Gasteiger partial charge in [-0.1, -0.05) is 12.1 Å². The monoisotopic (exact) mass is 445 g/mol. The van der Waals surface area contributed by atoms with Gasteiger partial charge in [-0.2, -0.15) is 0 Å². The Morgan fingerprint density at radius 1 is 1.10 bits per heavy atom. The second-order valence-corrected chi connectivity index (χ2v) is 9.02. The first kappa shape index (κ1) is 22.6. The van der Waals surface area contributed by atoms with Crippen molar-refractivity contribution < 1.29 is 17.5 Å². The molecule has 0 aliphatic carbocycles. The molecule has 9 heteroatoms. The fourth-order valence-corrected chi connectivity index (χ4v) is 4.72. The summed E-state index contributed by atoms with van der Waals surface area (Å²) in [6, 6.07) is 9.25. The van der Waals surface area contributed by atoms with Crippen LogP contribution in [0.4, 0.5) is 4.39 Å². The zero-order valence-electron chi connectivity index (χ0n) is 17.7. The predicted octanol–water partition coefficient (Wildman–Crippen LogP) is 3.11. The first-order valence-corrected chi connectivity index (χ1v) is 11.1. The number of rotatable bonds is 7. The number of aromatic nitrogens is 2. The molecule has 0 saturated heterocycles. The van der Waals surface area contributed by atoms with Crippen LogP contribution in [0.2, 0.25) is 0 Å². The molecule has 0 aliphatic rings. The van der Waals surface area contributed by atoms with Crippen LogP contribution in [0.5, 0.6) is 5.75 Å². The lowest BCUT2D eigenvalue weighted by atomic mass is 10.0. The van der Waals surface area contributed by atoms with Gasteiger partial charge in [0.15, 0.2) is 0 Å². The minimum absolute atomic E-state index is 0.000241. The number of sulfonamides is 1. The molecule has 0 radical (unpaired) electrons. The average Bonchev–Trinajstić information content (AvgIpc) is 2.68. The van der Waals surface area contributed by atoms with Crippen molar-refractivity contribution in [1.29, 1.82) is 0 Å². The molecule has 1 aromatic heterocycles. The smallest absolute Gasteiger partial charge is 0.251 e. The van der Waals surface area contributed by atoms with E-state index < -0.39 is 21.9 Å². The zero-order valence-corrected chi connectivity index (χ0v) is 18.5. The van der Waals surface area contributed by atoms with Crippen molar-refractivity contribution in [3.8, 4) is 5.75 Å². The maximum atomic E-state index is 13.5. The number of nitrogens with zero attached hydrogens (tertiary/aromatic N) is 1. The molecule has 7 nitrogen and oxygen atoms in total. The molecular weight excluding hydrogens is 421 g/mol. The van der Waals surface area contributed by atoms with Crippen LogP contribution in [0.15, 0.2) is 52.2 Å². The molecule has 1 unspecified atom stereocenters. The normalized spacial score (nSPS) is 12.5. The van der Waals surface area contributed by atoms with Crippen LogP contribution in [0.3, 0.4) is 0 Å². The van der Waals surface area contributed by atoms with Crippen molar-refractivity contribution in [2.45, 2.75) is 38.1 Å². The van der Waals surface area contributed by atoms with Gasteiger partial charge in [-0.25, -0.2) is 22.5 Å². The van der Waals surface area contributed by atoms with Gasteiger partial charge in [0, 0.05) is 18.2 Å². The van der Waals surface area contributed by atoms with Gasteiger partial charge in [0.1, 0.15) is 22.3 Å². The first-order chi connectivity index (χ1) is 14.6. The Labute approximate surface area is 180 Å². The van der Waals surface area contributed by atoms with E-state index in [1.165, 1.54) is 37.4 Å². The fraction of sp³-hybridized carbons (Fsp3) is 0.273. The number of H-pyrrole nitrogens is 1. The van der Waals surface area contributed by atoms with Crippen molar-refractivity contribution in [1.82, 2.24) is 14.7 Å². The highest BCUT2D eigenvalue weighted by atomic mass is 32.2. The summed E-state index contributed by atoms with van der Waals surface area (Å²) in [4.78, 5) is 18.7. The van der Waals surface area contributed by atoms with Crippen molar-refractivity contribution in [2.24, 2.45) is 0 Å². The molecule has 0 amide bonds. The lowest BCUT2D eigenvalue weighted by Gasteiger charge is -2.21. The predicted molar refractivity (Wildman–Crippen MR) is 115 cm³/mol. The molecule has 0 bridgehead atoms.